The van der Waals surface area contributed by atoms with Crippen molar-refractivity contribution in [3.05, 3.63) is 0 Å². The maximum Gasteiger partial charge on any atom is 0.186 e. The summed E-state index contributed by atoms with van der Waals surface area (Å²) in [5.41, 5.74) is 0. The van der Waals surface area contributed by atoms with Gasteiger partial charge in [-0.15, -0.1) is 0 Å². The van der Waals surface area contributed by atoms with Crippen molar-refractivity contribution in [2.75, 3.05) is 14.2 Å². The highest BCUT2D eigenvalue weighted by atomic mass is 28.4. The molecule has 0 spiro atoms. The first-order valence-corrected chi connectivity index (χ1v) is 17.3. The lowest BCUT2D eigenvalue weighted by Gasteiger charge is -2.19. The van der Waals surface area contributed by atoms with Crippen LogP contribution in [-0.2, 0) is 8.85 Å². The summed E-state index contributed by atoms with van der Waals surface area (Å²) in [7, 11) is 1.26. The van der Waals surface area contributed by atoms with Crippen molar-refractivity contribution >= 4 is 16.6 Å². The summed E-state index contributed by atoms with van der Waals surface area (Å²) in [6.45, 7) is 13.4. The van der Waals surface area contributed by atoms with Gasteiger partial charge in [0.2, 0.25) is 0 Å². The SMILES string of the molecule is C.C.C1CCCCC1.CCCCCCCC[Si](C)(C)OC.CO[Si](C)(C)C. The molecule has 0 saturated heterocycles. The summed E-state index contributed by atoms with van der Waals surface area (Å²) < 4.78 is 10.6. The van der Waals surface area contributed by atoms with Gasteiger partial charge in [-0.25, -0.2) is 0 Å². The van der Waals surface area contributed by atoms with Gasteiger partial charge >= 0.3 is 0 Å². The zero-order valence-corrected chi connectivity index (χ0v) is 21.0. The van der Waals surface area contributed by atoms with Crippen molar-refractivity contribution in [3.63, 3.8) is 0 Å². The molecule has 0 N–H and O–H groups in total. The molecule has 0 amide bonds. The van der Waals surface area contributed by atoms with Crippen molar-refractivity contribution < 1.29 is 8.85 Å². The Balaban J connectivity index is -0.000000159. The molecule has 1 fully saturated rings. The van der Waals surface area contributed by atoms with Crippen LogP contribution >= 0.6 is 0 Å². The average Bonchev–Trinajstić information content (AvgIpc) is 2.60. The third kappa shape index (κ3) is 34.3. The summed E-state index contributed by atoms with van der Waals surface area (Å²) >= 11 is 0. The van der Waals surface area contributed by atoms with E-state index in [9.17, 15) is 0 Å². The normalized spacial score (nSPS) is 13.8. The van der Waals surface area contributed by atoms with Crippen molar-refractivity contribution in [1.29, 1.82) is 0 Å². The Hall–Kier alpha value is 0.354. The molecule has 0 heterocycles. The Labute approximate surface area is 177 Å². The second-order valence-corrected chi connectivity index (χ2v) is 18.0. The molecule has 0 aromatic heterocycles. The first kappa shape index (κ1) is 34.8. The third-order valence-corrected chi connectivity index (χ3v) is 8.68. The average molecular weight is 423 g/mol. The third-order valence-electron chi connectivity index (χ3n) is 4.80. The predicted octanol–water partition coefficient (Wildman–Crippen LogP) is 9.28. The second-order valence-electron chi connectivity index (χ2n) is 8.92. The van der Waals surface area contributed by atoms with Gasteiger partial charge in [0.1, 0.15) is 0 Å². The van der Waals surface area contributed by atoms with Crippen LogP contribution in [0, 0.1) is 0 Å². The molecule has 1 rings (SSSR count). The van der Waals surface area contributed by atoms with E-state index >= 15 is 0 Å². The van der Waals surface area contributed by atoms with Gasteiger partial charge in [-0.3, -0.25) is 0 Å². The Morgan fingerprint density at radius 1 is 0.593 bits per heavy atom. The maximum absolute atomic E-state index is 5.50. The molecule has 170 valence electrons. The standard InChI is InChI=1S/C11H26OSi.C6H12.C4H12OSi.2CH4/c1-5-6-7-8-9-10-11-13(3,4)12-2;1-2-4-6-5-3-1;1-5-6(2,3)4;;/h5-11H2,1-4H3;1-6H2;1-4H3;2*1H4. The van der Waals surface area contributed by atoms with Crippen molar-refractivity contribution in [3.8, 4) is 0 Å². The van der Waals surface area contributed by atoms with Gasteiger partial charge in [0, 0.05) is 14.2 Å². The van der Waals surface area contributed by atoms with Crippen molar-refractivity contribution in [2.45, 2.75) is 138 Å². The van der Waals surface area contributed by atoms with E-state index in [2.05, 4.69) is 39.7 Å². The quantitative estimate of drug-likeness (QED) is 0.272. The van der Waals surface area contributed by atoms with Gasteiger partial charge in [0.05, 0.1) is 0 Å². The van der Waals surface area contributed by atoms with E-state index in [4.69, 9.17) is 8.85 Å². The molecule has 0 bridgehead atoms. The van der Waals surface area contributed by atoms with Crippen molar-refractivity contribution in [1.82, 2.24) is 0 Å². The van der Waals surface area contributed by atoms with Gasteiger partial charge in [-0.05, 0) is 38.8 Å². The number of unbranched alkanes of at least 4 members (excludes halogenated alkanes) is 5. The minimum absolute atomic E-state index is 0. The summed E-state index contributed by atoms with van der Waals surface area (Å²) in [5.74, 6) is 0. The number of hydrogen-bond acceptors (Lipinski definition) is 2. The van der Waals surface area contributed by atoms with Crippen LogP contribution in [0.25, 0.3) is 0 Å². The molecule has 27 heavy (non-hydrogen) atoms. The predicted molar refractivity (Wildman–Crippen MR) is 134 cm³/mol. The molecule has 0 atom stereocenters. The van der Waals surface area contributed by atoms with Crippen LogP contribution in [0.15, 0.2) is 0 Å². The maximum atomic E-state index is 5.50. The summed E-state index contributed by atoms with van der Waals surface area (Å²) in [5, 5.41) is 0. The fraction of sp³-hybridized carbons (Fsp3) is 1.00. The van der Waals surface area contributed by atoms with Gasteiger partial charge in [0.15, 0.2) is 16.6 Å². The Morgan fingerprint density at radius 3 is 1.22 bits per heavy atom. The highest BCUT2D eigenvalue weighted by molar-refractivity contribution is 6.71. The first-order chi connectivity index (χ1) is 11.7. The van der Waals surface area contributed by atoms with Crippen LogP contribution in [0.2, 0.25) is 38.8 Å². The molecule has 2 nitrogen and oxygen atoms in total. The molecule has 0 aliphatic heterocycles. The summed E-state index contributed by atoms with van der Waals surface area (Å²) in [6, 6.07) is 1.33. The minimum atomic E-state index is -1.25. The van der Waals surface area contributed by atoms with E-state index in [0.29, 0.717) is 0 Å². The van der Waals surface area contributed by atoms with Crippen LogP contribution in [0.3, 0.4) is 0 Å². The molecule has 0 radical (unpaired) electrons. The van der Waals surface area contributed by atoms with Crippen LogP contribution in [0.1, 0.15) is 98.8 Å². The Morgan fingerprint density at radius 2 is 0.926 bits per heavy atom. The molecular formula is C23H58O2Si2. The van der Waals surface area contributed by atoms with Crippen LogP contribution in [0.4, 0.5) is 0 Å². The van der Waals surface area contributed by atoms with E-state index in [1.807, 2.05) is 7.11 Å². The van der Waals surface area contributed by atoms with Gasteiger partial charge in [-0.1, -0.05) is 98.8 Å². The molecular weight excluding hydrogens is 364 g/mol. The molecule has 1 aliphatic carbocycles. The number of hydrogen-bond donors (Lipinski definition) is 0. The summed E-state index contributed by atoms with van der Waals surface area (Å²) in [6.07, 6.45) is 17.4. The lowest BCUT2D eigenvalue weighted by molar-refractivity contribution is 0.400. The van der Waals surface area contributed by atoms with E-state index in [0.717, 1.165) is 0 Å². The zero-order chi connectivity index (χ0) is 19.6. The highest BCUT2D eigenvalue weighted by Gasteiger charge is 2.18. The Kier molecular flexibility index (Phi) is 29.2. The van der Waals surface area contributed by atoms with Gasteiger partial charge in [-0.2, -0.15) is 0 Å². The van der Waals surface area contributed by atoms with Crippen molar-refractivity contribution in [2.24, 2.45) is 0 Å². The number of rotatable bonds is 9. The molecule has 0 aromatic carbocycles. The fourth-order valence-electron chi connectivity index (χ4n) is 2.49. The molecule has 1 aliphatic rings. The molecule has 0 unspecified atom stereocenters. The zero-order valence-electron chi connectivity index (χ0n) is 19.0. The molecule has 0 aromatic rings. The van der Waals surface area contributed by atoms with E-state index in [1.165, 1.54) is 83.1 Å². The van der Waals surface area contributed by atoms with Crippen LogP contribution < -0.4 is 0 Å². The van der Waals surface area contributed by atoms with E-state index < -0.39 is 16.6 Å². The highest BCUT2D eigenvalue weighted by Crippen LogP contribution is 2.16. The Bertz CT molecular complexity index is 248. The van der Waals surface area contributed by atoms with E-state index in [1.54, 1.807) is 7.11 Å². The molecule has 4 heteroatoms. The first-order valence-electron chi connectivity index (χ1n) is 10.8. The monoisotopic (exact) mass is 422 g/mol. The lowest BCUT2D eigenvalue weighted by atomic mass is 10.0. The largest absolute Gasteiger partial charge is 0.421 e. The second kappa shape index (κ2) is 22.6. The topological polar surface area (TPSA) is 18.5 Å². The lowest BCUT2D eigenvalue weighted by Crippen LogP contribution is -2.27. The fourth-order valence-corrected chi connectivity index (χ4v) is 3.80. The minimum Gasteiger partial charge on any atom is -0.421 e. The van der Waals surface area contributed by atoms with Crippen LogP contribution in [-0.4, -0.2) is 30.9 Å². The van der Waals surface area contributed by atoms with Gasteiger partial charge < -0.3 is 8.85 Å². The van der Waals surface area contributed by atoms with Gasteiger partial charge in [0.25, 0.3) is 0 Å². The van der Waals surface area contributed by atoms with E-state index in [-0.39, 0.29) is 14.9 Å². The summed E-state index contributed by atoms with van der Waals surface area (Å²) in [4.78, 5) is 0. The smallest absolute Gasteiger partial charge is 0.186 e. The van der Waals surface area contributed by atoms with Crippen LogP contribution in [0.5, 0.6) is 0 Å². The molecule has 1 saturated carbocycles.